The fourth-order valence-corrected chi connectivity index (χ4v) is 3.06. The van der Waals surface area contributed by atoms with Crippen molar-refractivity contribution in [1.82, 2.24) is 15.2 Å². The minimum absolute atomic E-state index is 0.0547. The number of amides is 3. The van der Waals surface area contributed by atoms with Gasteiger partial charge in [0.05, 0.1) is 6.54 Å². The van der Waals surface area contributed by atoms with Crippen LogP contribution in [0.2, 0.25) is 0 Å². The second kappa shape index (κ2) is 7.99. The number of rotatable bonds is 4. The zero-order chi connectivity index (χ0) is 18.5. The van der Waals surface area contributed by atoms with Gasteiger partial charge in [0.25, 0.3) is 5.91 Å². The summed E-state index contributed by atoms with van der Waals surface area (Å²) in [4.78, 5) is 39.8. The first-order valence-corrected chi connectivity index (χ1v) is 8.74. The van der Waals surface area contributed by atoms with Crippen molar-refractivity contribution in [3.05, 3.63) is 30.3 Å². The van der Waals surface area contributed by atoms with Crippen LogP contribution in [0.4, 0.5) is 5.69 Å². The Morgan fingerprint density at radius 3 is 2.42 bits per heavy atom. The molecule has 138 valence electrons. The molecule has 0 radical (unpaired) electrons. The van der Waals surface area contributed by atoms with Gasteiger partial charge in [-0.25, -0.2) is 5.01 Å². The lowest BCUT2D eigenvalue weighted by Gasteiger charge is -2.36. The summed E-state index contributed by atoms with van der Waals surface area (Å²) < 4.78 is 0. The molecule has 2 aliphatic rings. The Kier molecular flexibility index (Phi) is 5.50. The first-order chi connectivity index (χ1) is 12.5. The Balaban J connectivity index is 1.45. The van der Waals surface area contributed by atoms with E-state index in [4.69, 9.17) is 0 Å². The number of carbonyl (C=O) groups excluding carboxylic acids is 3. The zero-order valence-electron chi connectivity index (χ0n) is 14.9. The number of benzene rings is 1. The monoisotopic (exact) mass is 357 g/mol. The van der Waals surface area contributed by atoms with E-state index >= 15 is 0 Å². The molecular weight excluding hydrogens is 334 g/mol. The first-order valence-electron chi connectivity index (χ1n) is 8.74. The molecule has 0 aliphatic carbocycles. The molecule has 2 heterocycles. The molecule has 8 heteroatoms. The highest BCUT2D eigenvalue weighted by molar-refractivity contribution is 6.39. The average Bonchev–Trinajstić information content (AvgIpc) is 2.68. The van der Waals surface area contributed by atoms with Crippen molar-refractivity contribution < 1.29 is 14.4 Å². The molecule has 26 heavy (non-hydrogen) atoms. The number of hydrazone groups is 1. The maximum atomic E-state index is 12.3. The van der Waals surface area contributed by atoms with Crippen LogP contribution in [0.3, 0.4) is 0 Å². The van der Waals surface area contributed by atoms with Crippen LogP contribution >= 0.6 is 0 Å². The number of nitrogens with zero attached hydrogens (tertiary/aromatic N) is 4. The van der Waals surface area contributed by atoms with Gasteiger partial charge in [-0.15, -0.1) is 0 Å². The van der Waals surface area contributed by atoms with Crippen molar-refractivity contribution in [3.8, 4) is 0 Å². The first kappa shape index (κ1) is 17.9. The molecule has 1 aromatic rings. The summed E-state index contributed by atoms with van der Waals surface area (Å²) in [6.45, 7) is 2.73. The normalized spacial score (nSPS) is 17.8. The van der Waals surface area contributed by atoms with Crippen LogP contribution in [0, 0.1) is 0 Å². The molecule has 3 amide bonds. The molecule has 3 rings (SSSR count). The SMILES string of the molecule is CN1N=C(C(=O)NCC(=O)N2CCN(c3ccccc3)CC2)CCC1=O. The van der Waals surface area contributed by atoms with E-state index in [0.717, 1.165) is 18.8 Å². The molecule has 0 unspecified atom stereocenters. The summed E-state index contributed by atoms with van der Waals surface area (Å²) in [6.07, 6.45) is 0.567. The van der Waals surface area contributed by atoms with Gasteiger partial charge in [-0.2, -0.15) is 5.10 Å². The van der Waals surface area contributed by atoms with Crippen LogP contribution in [0.1, 0.15) is 12.8 Å². The summed E-state index contributed by atoms with van der Waals surface area (Å²) in [5.74, 6) is -0.610. The number of hydrogen-bond donors (Lipinski definition) is 1. The summed E-state index contributed by atoms with van der Waals surface area (Å²) in [5, 5.41) is 7.74. The maximum Gasteiger partial charge on any atom is 0.267 e. The maximum absolute atomic E-state index is 12.3. The number of anilines is 1. The van der Waals surface area contributed by atoms with E-state index in [1.165, 1.54) is 12.1 Å². The highest BCUT2D eigenvalue weighted by Gasteiger charge is 2.24. The van der Waals surface area contributed by atoms with E-state index in [-0.39, 0.29) is 36.4 Å². The number of para-hydroxylation sites is 1. The quantitative estimate of drug-likeness (QED) is 0.826. The third-order valence-corrected chi connectivity index (χ3v) is 4.62. The van der Waals surface area contributed by atoms with E-state index in [0.29, 0.717) is 19.5 Å². The van der Waals surface area contributed by atoms with Crippen molar-refractivity contribution >= 4 is 29.1 Å². The van der Waals surface area contributed by atoms with Crippen molar-refractivity contribution in [2.75, 3.05) is 44.7 Å². The minimum Gasteiger partial charge on any atom is -0.368 e. The number of piperazine rings is 1. The molecule has 8 nitrogen and oxygen atoms in total. The van der Waals surface area contributed by atoms with Crippen molar-refractivity contribution in [2.24, 2.45) is 5.10 Å². The highest BCUT2D eigenvalue weighted by atomic mass is 16.2. The Hall–Kier alpha value is -2.90. The molecule has 2 aliphatic heterocycles. The van der Waals surface area contributed by atoms with Crippen LogP contribution in [-0.2, 0) is 14.4 Å². The third kappa shape index (κ3) is 4.19. The molecule has 0 saturated carbocycles. The number of carbonyl (C=O) groups is 3. The molecule has 0 bridgehead atoms. The van der Waals surface area contributed by atoms with Crippen molar-refractivity contribution in [1.29, 1.82) is 0 Å². The van der Waals surface area contributed by atoms with Gasteiger partial charge in [0, 0.05) is 51.8 Å². The van der Waals surface area contributed by atoms with Gasteiger partial charge in [0.2, 0.25) is 11.8 Å². The Morgan fingerprint density at radius 1 is 1.08 bits per heavy atom. The van der Waals surface area contributed by atoms with Gasteiger partial charge in [-0.05, 0) is 12.1 Å². The second-order valence-electron chi connectivity index (χ2n) is 6.35. The van der Waals surface area contributed by atoms with E-state index in [9.17, 15) is 14.4 Å². The molecule has 0 spiro atoms. The second-order valence-corrected chi connectivity index (χ2v) is 6.35. The molecule has 1 aromatic carbocycles. The van der Waals surface area contributed by atoms with Gasteiger partial charge >= 0.3 is 0 Å². The van der Waals surface area contributed by atoms with E-state index in [2.05, 4.69) is 27.5 Å². The van der Waals surface area contributed by atoms with Gasteiger partial charge in [0.1, 0.15) is 5.71 Å². The van der Waals surface area contributed by atoms with Crippen LogP contribution in [0.5, 0.6) is 0 Å². The lowest BCUT2D eigenvalue weighted by molar-refractivity contribution is -0.132. The van der Waals surface area contributed by atoms with Gasteiger partial charge < -0.3 is 15.1 Å². The van der Waals surface area contributed by atoms with Crippen LogP contribution in [-0.4, -0.2) is 73.1 Å². The van der Waals surface area contributed by atoms with Crippen molar-refractivity contribution in [2.45, 2.75) is 12.8 Å². The molecule has 1 saturated heterocycles. The Labute approximate surface area is 152 Å². The van der Waals surface area contributed by atoms with Gasteiger partial charge in [-0.1, -0.05) is 18.2 Å². The molecule has 0 atom stereocenters. The lowest BCUT2D eigenvalue weighted by atomic mass is 10.1. The average molecular weight is 357 g/mol. The fraction of sp³-hybridized carbons (Fsp3) is 0.444. The fourth-order valence-electron chi connectivity index (χ4n) is 3.06. The summed E-state index contributed by atoms with van der Waals surface area (Å²) >= 11 is 0. The van der Waals surface area contributed by atoms with E-state index < -0.39 is 0 Å². The molecule has 1 N–H and O–H groups in total. The smallest absolute Gasteiger partial charge is 0.267 e. The van der Waals surface area contributed by atoms with Crippen LogP contribution in [0.25, 0.3) is 0 Å². The van der Waals surface area contributed by atoms with Gasteiger partial charge in [-0.3, -0.25) is 14.4 Å². The Bertz CT molecular complexity index is 711. The summed E-state index contributed by atoms with van der Waals surface area (Å²) in [7, 11) is 1.52. The van der Waals surface area contributed by atoms with Gasteiger partial charge in [0.15, 0.2) is 0 Å². The van der Waals surface area contributed by atoms with E-state index in [1.54, 1.807) is 4.90 Å². The predicted octanol–water partition coefficient (Wildman–Crippen LogP) is 0.0596. The number of hydrogen-bond acceptors (Lipinski definition) is 5. The molecular formula is C18H23N5O3. The standard InChI is InChI=1S/C18H23N5O3/c1-21-16(24)8-7-15(20-21)18(26)19-13-17(25)23-11-9-22(10-12-23)14-5-3-2-4-6-14/h2-6H,7-13H2,1H3,(H,19,26). The topological polar surface area (TPSA) is 85.3 Å². The molecule has 0 aromatic heterocycles. The summed E-state index contributed by atoms with van der Waals surface area (Å²) in [6, 6.07) is 10.1. The number of nitrogens with one attached hydrogen (secondary N) is 1. The largest absolute Gasteiger partial charge is 0.368 e. The highest BCUT2D eigenvalue weighted by Crippen LogP contribution is 2.15. The minimum atomic E-state index is -0.388. The van der Waals surface area contributed by atoms with Crippen LogP contribution in [0.15, 0.2) is 35.4 Å². The zero-order valence-corrected chi connectivity index (χ0v) is 14.9. The van der Waals surface area contributed by atoms with Crippen molar-refractivity contribution in [3.63, 3.8) is 0 Å². The Morgan fingerprint density at radius 2 is 1.77 bits per heavy atom. The summed E-state index contributed by atoms with van der Waals surface area (Å²) in [5.41, 5.74) is 1.44. The van der Waals surface area contributed by atoms with Crippen LogP contribution < -0.4 is 10.2 Å². The third-order valence-electron chi connectivity index (χ3n) is 4.62. The lowest BCUT2D eigenvalue weighted by Crippen LogP contribution is -2.51. The predicted molar refractivity (Wildman–Crippen MR) is 97.7 cm³/mol. The molecule has 1 fully saturated rings. The van der Waals surface area contributed by atoms with E-state index in [1.807, 2.05) is 18.2 Å².